The van der Waals surface area contributed by atoms with Crippen LogP contribution in [0.15, 0.2) is 47.4 Å². The third-order valence-electron chi connectivity index (χ3n) is 5.40. The van der Waals surface area contributed by atoms with Crippen molar-refractivity contribution in [2.24, 2.45) is 0 Å². The molecule has 34 heavy (non-hydrogen) atoms. The Morgan fingerprint density at radius 1 is 1.21 bits per heavy atom. The Hall–Kier alpha value is -2.43. The van der Waals surface area contributed by atoms with Gasteiger partial charge >= 0.3 is 6.09 Å². The van der Waals surface area contributed by atoms with E-state index in [4.69, 9.17) is 16.3 Å². The highest BCUT2D eigenvalue weighted by Crippen LogP contribution is 2.48. The smallest absolute Gasteiger partial charge is 0.407 e. The van der Waals surface area contributed by atoms with Gasteiger partial charge in [-0.15, -0.1) is 0 Å². The Labute approximate surface area is 202 Å². The lowest BCUT2D eigenvalue weighted by atomic mass is 9.85. The highest BCUT2D eigenvalue weighted by Gasteiger charge is 2.57. The van der Waals surface area contributed by atoms with Crippen LogP contribution >= 0.6 is 11.6 Å². The van der Waals surface area contributed by atoms with Crippen molar-refractivity contribution in [2.45, 2.75) is 56.1 Å². The zero-order chi connectivity index (χ0) is 25.5. The number of hydrogen-bond donors (Lipinski definition) is 2. The number of sulfonamides is 1. The number of amides is 1. The van der Waals surface area contributed by atoms with E-state index >= 15 is 8.78 Å². The van der Waals surface area contributed by atoms with Gasteiger partial charge in [-0.2, -0.15) is 0 Å². The molecule has 1 heterocycles. The molecule has 7 nitrogen and oxygen atoms in total. The molecule has 0 saturated heterocycles. The molecular weight excluding hydrogens is 490 g/mol. The number of nitrogens with one attached hydrogen (secondary N) is 1. The number of alkyl halides is 2. The van der Waals surface area contributed by atoms with Crippen molar-refractivity contribution in [1.82, 2.24) is 5.32 Å². The zero-order valence-electron chi connectivity index (χ0n) is 19.2. The topological polar surface area (TPSA) is 95.9 Å². The number of nitrogens with zero attached hydrogens (tertiary/aromatic N) is 1. The Bertz CT molecular complexity index is 1180. The summed E-state index contributed by atoms with van der Waals surface area (Å²) in [6.45, 7) is 5.06. The standard InChI is InChI=1S/C23H27ClF2N2O5S/c1-15-5-8-17(9-6-15)34(31,32)28-12-11-23(25,26)22(30,14-27-20(29)33-21(2,3)4)18-13-16(24)7-10-19(18)28/h5-10,13,30H,11-12,14H2,1-4H3,(H,27,29). The number of halogens is 3. The first kappa shape index (κ1) is 26.2. The molecule has 3 rings (SSSR count). The summed E-state index contributed by atoms with van der Waals surface area (Å²) in [7, 11) is -4.25. The molecule has 1 aliphatic heterocycles. The van der Waals surface area contributed by atoms with Crippen LogP contribution in [-0.4, -0.2) is 44.2 Å². The molecule has 0 saturated carbocycles. The fourth-order valence-electron chi connectivity index (χ4n) is 3.65. The Morgan fingerprint density at radius 3 is 2.41 bits per heavy atom. The molecular formula is C23H27ClF2N2O5S. The number of benzene rings is 2. The number of aliphatic hydroxyl groups is 1. The number of hydrogen-bond acceptors (Lipinski definition) is 5. The lowest BCUT2D eigenvalue weighted by Gasteiger charge is -2.35. The maximum Gasteiger partial charge on any atom is 0.407 e. The summed E-state index contributed by atoms with van der Waals surface area (Å²) < 4.78 is 63.6. The lowest BCUT2D eigenvalue weighted by Crippen LogP contribution is -2.53. The first-order chi connectivity index (χ1) is 15.6. The summed E-state index contributed by atoms with van der Waals surface area (Å²) in [5.74, 6) is -3.82. The summed E-state index contributed by atoms with van der Waals surface area (Å²) in [5, 5.41) is 13.5. The van der Waals surface area contributed by atoms with E-state index in [-0.39, 0.29) is 15.6 Å². The van der Waals surface area contributed by atoms with E-state index < -0.39 is 58.3 Å². The van der Waals surface area contributed by atoms with Crippen molar-refractivity contribution in [2.75, 3.05) is 17.4 Å². The highest BCUT2D eigenvalue weighted by molar-refractivity contribution is 7.92. The van der Waals surface area contributed by atoms with Gasteiger partial charge in [-0.3, -0.25) is 4.31 Å². The van der Waals surface area contributed by atoms with Crippen LogP contribution in [0.4, 0.5) is 19.3 Å². The van der Waals surface area contributed by atoms with E-state index in [9.17, 15) is 18.3 Å². The Balaban J connectivity index is 2.10. The molecule has 0 aliphatic carbocycles. The van der Waals surface area contributed by atoms with Crippen LogP contribution in [0.2, 0.25) is 5.02 Å². The molecule has 1 aliphatic rings. The molecule has 2 aromatic carbocycles. The Morgan fingerprint density at radius 2 is 1.82 bits per heavy atom. The van der Waals surface area contributed by atoms with Crippen molar-refractivity contribution in [3.63, 3.8) is 0 Å². The van der Waals surface area contributed by atoms with Gasteiger partial charge in [-0.1, -0.05) is 29.3 Å². The summed E-state index contributed by atoms with van der Waals surface area (Å²) >= 11 is 6.06. The van der Waals surface area contributed by atoms with Crippen LogP contribution < -0.4 is 9.62 Å². The first-order valence-electron chi connectivity index (χ1n) is 10.5. The Kier molecular flexibility index (Phi) is 6.91. The van der Waals surface area contributed by atoms with E-state index in [0.29, 0.717) is 0 Å². The molecule has 0 spiro atoms. The number of rotatable bonds is 4. The van der Waals surface area contributed by atoms with Crippen LogP contribution in [0.3, 0.4) is 0 Å². The fraction of sp³-hybridized carbons (Fsp3) is 0.435. The van der Waals surface area contributed by atoms with E-state index in [1.165, 1.54) is 24.3 Å². The second-order valence-electron chi connectivity index (χ2n) is 9.22. The zero-order valence-corrected chi connectivity index (χ0v) is 20.8. The van der Waals surface area contributed by atoms with Gasteiger partial charge in [-0.25, -0.2) is 22.0 Å². The highest BCUT2D eigenvalue weighted by atomic mass is 35.5. The van der Waals surface area contributed by atoms with Crippen LogP contribution in [0.1, 0.15) is 38.3 Å². The van der Waals surface area contributed by atoms with E-state index in [1.807, 2.05) is 0 Å². The number of alkyl carbamates (subject to hydrolysis) is 1. The number of carbonyl (C=O) groups excluding carboxylic acids is 1. The first-order valence-corrected chi connectivity index (χ1v) is 12.4. The number of anilines is 1. The van der Waals surface area contributed by atoms with Gasteiger partial charge in [0.15, 0.2) is 5.60 Å². The maximum atomic E-state index is 15.4. The summed E-state index contributed by atoms with van der Waals surface area (Å²) in [5.41, 5.74) is -3.60. The molecule has 1 atom stereocenters. The molecule has 0 bridgehead atoms. The number of carbonyl (C=O) groups is 1. The van der Waals surface area contributed by atoms with Crippen molar-refractivity contribution in [3.8, 4) is 0 Å². The van der Waals surface area contributed by atoms with Crippen molar-refractivity contribution in [3.05, 3.63) is 58.6 Å². The van der Waals surface area contributed by atoms with Gasteiger partial charge in [0.25, 0.3) is 15.9 Å². The predicted octanol–water partition coefficient (Wildman–Crippen LogP) is 4.60. The van der Waals surface area contributed by atoms with E-state index in [2.05, 4.69) is 5.32 Å². The van der Waals surface area contributed by atoms with Gasteiger partial charge in [-0.05, 0) is 58.0 Å². The summed E-state index contributed by atoms with van der Waals surface area (Å²) in [6.07, 6.45) is -2.01. The molecule has 1 amide bonds. The fourth-order valence-corrected chi connectivity index (χ4v) is 5.31. The molecule has 186 valence electrons. The second kappa shape index (κ2) is 8.98. The average Bonchev–Trinajstić information content (AvgIpc) is 2.79. The molecule has 0 radical (unpaired) electrons. The molecule has 1 unspecified atom stereocenters. The second-order valence-corrected chi connectivity index (χ2v) is 11.5. The van der Waals surface area contributed by atoms with Crippen LogP contribution in [0.5, 0.6) is 0 Å². The normalized spacial score (nSPS) is 20.3. The van der Waals surface area contributed by atoms with Gasteiger partial charge in [0.2, 0.25) is 0 Å². The van der Waals surface area contributed by atoms with Crippen LogP contribution in [0.25, 0.3) is 0 Å². The van der Waals surface area contributed by atoms with Crippen molar-refractivity contribution >= 4 is 33.4 Å². The minimum Gasteiger partial charge on any atom is -0.444 e. The van der Waals surface area contributed by atoms with Crippen molar-refractivity contribution in [1.29, 1.82) is 0 Å². The van der Waals surface area contributed by atoms with Gasteiger partial charge in [0.1, 0.15) is 5.60 Å². The van der Waals surface area contributed by atoms with Gasteiger partial charge in [0.05, 0.1) is 17.1 Å². The molecule has 2 N–H and O–H groups in total. The number of fused-ring (bicyclic) bond motifs is 1. The molecule has 11 heteroatoms. The van der Waals surface area contributed by atoms with Gasteiger partial charge in [0, 0.05) is 23.6 Å². The molecule has 0 fully saturated rings. The quantitative estimate of drug-likeness (QED) is 0.619. The molecule has 0 aromatic heterocycles. The maximum absolute atomic E-state index is 15.4. The van der Waals surface area contributed by atoms with Crippen molar-refractivity contribution < 1.29 is 31.8 Å². The third-order valence-corrected chi connectivity index (χ3v) is 7.47. The van der Waals surface area contributed by atoms with Gasteiger partial charge < -0.3 is 15.2 Å². The third kappa shape index (κ3) is 5.13. The summed E-state index contributed by atoms with van der Waals surface area (Å²) in [4.78, 5) is 12.1. The van der Waals surface area contributed by atoms with E-state index in [0.717, 1.165) is 15.9 Å². The van der Waals surface area contributed by atoms with E-state index in [1.54, 1.807) is 39.8 Å². The monoisotopic (exact) mass is 516 g/mol. The number of aryl methyl sites for hydroxylation is 1. The number of ether oxygens (including phenoxy) is 1. The average molecular weight is 517 g/mol. The van der Waals surface area contributed by atoms with Crippen LogP contribution in [-0.2, 0) is 20.4 Å². The minimum atomic E-state index is -4.25. The lowest BCUT2D eigenvalue weighted by molar-refractivity contribution is -0.185. The molecule has 2 aromatic rings. The SMILES string of the molecule is Cc1ccc(S(=O)(=O)N2CCC(F)(F)C(O)(CNC(=O)OC(C)(C)C)c3cc(Cl)ccc32)cc1. The minimum absolute atomic E-state index is 0.0137. The van der Waals surface area contributed by atoms with Crippen LogP contribution in [0, 0.1) is 6.92 Å². The predicted molar refractivity (Wildman–Crippen MR) is 125 cm³/mol. The summed E-state index contributed by atoms with van der Waals surface area (Å²) in [6, 6.07) is 9.68. The largest absolute Gasteiger partial charge is 0.444 e.